The second-order valence-corrected chi connectivity index (χ2v) is 14.4. The second-order valence-electron chi connectivity index (χ2n) is 14.4. The fourth-order valence-electron chi connectivity index (χ4n) is 7.55. The molecule has 1 N–H and O–H groups in total. The van der Waals surface area contributed by atoms with E-state index < -0.39 is 0 Å². The number of aromatic hydroxyl groups is 1. The molecule has 3 nitrogen and oxygen atoms in total. The first-order valence-electron chi connectivity index (χ1n) is 18.0. The molecule has 0 fully saturated rings. The Morgan fingerprint density at radius 3 is 1.63 bits per heavy atom. The van der Waals surface area contributed by atoms with Crippen molar-refractivity contribution in [3.8, 4) is 67.3 Å². The van der Waals surface area contributed by atoms with E-state index in [1.807, 2.05) is 12.1 Å². The lowest BCUT2D eigenvalue weighted by Crippen LogP contribution is -2.30. The highest BCUT2D eigenvalue weighted by Gasteiger charge is 2.29. The van der Waals surface area contributed by atoms with Gasteiger partial charge in [0.15, 0.2) is 0 Å². The molecular weight excluding hydrogens is 621 g/mol. The molecule has 0 bridgehead atoms. The maximum absolute atomic E-state index is 11.6. The Bertz CT molecular complexity index is 2330. The van der Waals surface area contributed by atoms with Crippen LogP contribution in [0.3, 0.4) is 0 Å². The summed E-state index contributed by atoms with van der Waals surface area (Å²) in [4.78, 5) is 0. The van der Waals surface area contributed by atoms with Crippen LogP contribution in [0.5, 0.6) is 5.75 Å². The molecule has 0 saturated heterocycles. The Kier molecular flexibility index (Phi) is 9.23. The van der Waals surface area contributed by atoms with Gasteiger partial charge in [-0.1, -0.05) is 137 Å². The van der Waals surface area contributed by atoms with Gasteiger partial charge < -0.3 is 5.11 Å². The highest BCUT2D eigenvalue weighted by atomic mass is 16.3. The highest BCUT2D eigenvalue weighted by molar-refractivity contribution is 5.84. The first kappa shape index (κ1) is 33.8. The molecule has 0 aliphatic carbocycles. The summed E-state index contributed by atoms with van der Waals surface area (Å²) in [5, 5.41) is 11.6. The van der Waals surface area contributed by atoms with Crippen molar-refractivity contribution in [3.05, 3.63) is 162 Å². The fraction of sp³-hybridized carbons (Fsp3) is 0.188. The van der Waals surface area contributed by atoms with Crippen LogP contribution < -0.4 is 4.57 Å². The highest BCUT2D eigenvalue weighted by Crippen LogP contribution is 2.41. The molecule has 0 atom stereocenters. The van der Waals surface area contributed by atoms with E-state index in [1.54, 1.807) is 0 Å². The minimum absolute atomic E-state index is 0.272. The Labute approximate surface area is 303 Å². The molecule has 1 heterocycles. The minimum atomic E-state index is 0.272. The number of nitrogens with zero attached hydrogens (tertiary/aromatic N) is 2. The van der Waals surface area contributed by atoms with Crippen LogP contribution in [0.4, 0.5) is 0 Å². The standard InChI is InChI=1S/C48H46N2O/c1-31(2)41-20-13-21-42(32(3)4)47(41)50-27-26-49(7)48(50)46-33(5)22-24-43(34(46)6)44-25-23-40(30-45(44)51)39-19-12-18-38(29-39)37-17-11-16-36(28-37)35-14-9-8-10-15-35/h8-32H,1-7H3/p+1. The summed E-state index contributed by atoms with van der Waals surface area (Å²) in [6.45, 7) is 13.5. The average Bonchev–Trinajstić information content (AvgIpc) is 3.52. The van der Waals surface area contributed by atoms with E-state index in [1.165, 1.54) is 39.1 Å². The summed E-state index contributed by atoms with van der Waals surface area (Å²) in [6, 6.07) is 44.9. The Morgan fingerprint density at radius 2 is 1.06 bits per heavy atom. The number of imidazole rings is 1. The molecule has 7 rings (SSSR count). The molecule has 1 aromatic heterocycles. The normalized spacial score (nSPS) is 11.5. The summed E-state index contributed by atoms with van der Waals surface area (Å²) < 4.78 is 4.61. The molecule has 0 spiro atoms. The largest absolute Gasteiger partial charge is 0.507 e. The van der Waals surface area contributed by atoms with E-state index in [0.717, 1.165) is 44.8 Å². The van der Waals surface area contributed by atoms with Crippen molar-refractivity contribution >= 4 is 0 Å². The molecule has 0 unspecified atom stereocenters. The van der Waals surface area contributed by atoms with E-state index in [0.29, 0.717) is 11.8 Å². The monoisotopic (exact) mass is 667 g/mol. The van der Waals surface area contributed by atoms with Gasteiger partial charge in [0.1, 0.15) is 23.8 Å². The Balaban J connectivity index is 1.28. The topological polar surface area (TPSA) is 29.0 Å². The number of hydrogen-bond acceptors (Lipinski definition) is 1. The lowest BCUT2D eigenvalue weighted by Gasteiger charge is -2.19. The zero-order chi connectivity index (χ0) is 35.8. The summed E-state index contributed by atoms with van der Waals surface area (Å²) in [6.07, 6.45) is 4.35. The van der Waals surface area contributed by atoms with Crippen LogP contribution in [0.25, 0.3) is 61.6 Å². The summed E-state index contributed by atoms with van der Waals surface area (Å²) in [5.41, 5.74) is 16.1. The number of phenols is 1. The first-order chi connectivity index (χ1) is 24.6. The molecule has 0 amide bonds. The van der Waals surface area contributed by atoms with Crippen molar-refractivity contribution < 1.29 is 9.67 Å². The van der Waals surface area contributed by atoms with Crippen molar-refractivity contribution in [1.29, 1.82) is 0 Å². The van der Waals surface area contributed by atoms with Crippen LogP contribution in [0.2, 0.25) is 0 Å². The molecule has 7 aromatic rings. The lowest BCUT2D eigenvalue weighted by atomic mass is 9.90. The van der Waals surface area contributed by atoms with Crippen molar-refractivity contribution in [2.75, 3.05) is 0 Å². The van der Waals surface area contributed by atoms with Gasteiger partial charge in [-0.25, -0.2) is 4.57 Å². The third kappa shape index (κ3) is 6.41. The first-order valence-corrected chi connectivity index (χ1v) is 18.0. The van der Waals surface area contributed by atoms with Gasteiger partial charge in [-0.15, -0.1) is 0 Å². The molecule has 6 aromatic carbocycles. The minimum Gasteiger partial charge on any atom is -0.507 e. The van der Waals surface area contributed by atoms with Gasteiger partial charge in [-0.3, -0.25) is 0 Å². The third-order valence-electron chi connectivity index (χ3n) is 10.3. The van der Waals surface area contributed by atoms with E-state index in [-0.39, 0.29) is 5.75 Å². The zero-order valence-electron chi connectivity index (χ0n) is 30.8. The molecule has 3 heteroatoms. The maximum atomic E-state index is 11.6. The van der Waals surface area contributed by atoms with Gasteiger partial charge in [0.25, 0.3) is 5.82 Å². The van der Waals surface area contributed by atoms with Crippen molar-refractivity contribution in [2.24, 2.45) is 7.05 Å². The molecule has 51 heavy (non-hydrogen) atoms. The Morgan fingerprint density at radius 1 is 0.549 bits per heavy atom. The Hall–Kier alpha value is -5.67. The molecule has 0 saturated carbocycles. The van der Waals surface area contributed by atoms with E-state index >= 15 is 0 Å². The molecular formula is C48H47N2O+. The SMILES string of the molecule is Cc1ccc(-c2ccc(-c3cccc(-c4cccc(-c5ccccc5)c4)c3)cc2O)c(C)c1-c1n(-c2c(C(C)C)cccc2C(C)C)cc[n+]1C. The maximum Gasteiger partial charge on any atom is 0.294 e. The van der Waals surface area contributed by atoms with Crippen LogP contribution >= 0.6 is 0 Å². The molecule has 0 aliphatic heterocycles. The van der Waals surface area contributed by atoms with Crippen molar-refractivity contribution in [2.45, 2.75) is 53.4 Å². The number of aryl methyl sites for hydroxylation is 2. The van der Waals surface area contributed by atoms with E-state index in [4.69, 9.17) is 0 Å². The smallest absolute Gasteiger partial charge is 0.294 e. The van der Waals surface area contributed by atoms with Gasteiger partial charge in [0.2, 0.25) is 0 Å². The van der Waals surface area contributed by atoms with Crippen LogP contribution in [0.1, 0.15) is 61.8 Å². The predicted octanol–water partition coefficient (Wildman–Crippen LogP) is 12.2. The van der Waals surface area contributed by atoms with Gasteiger partial charge in [-0.2, -0.15) is 4.57 Å². The second kappa shape index (κ2) is 13.9. The van der Waals surface area contributed by atoms with Crippen LogP contribution in [0, 0.1) is 13.8 Å². The van der Waals surface area contributed by atoms with Gasteiger partial charge in [0, 0.05) is 16.7 Å². The predicted molar refractivity (Wildman–Crippen MR) is 213 cm³/mol. The summed E-state index contributed by atoms with van der Waals surface area (Å²) >= 11 is 0. The van der Waals surface area contributed by atoms with Crippen LogP contribution in [0.15, 0.2) is 140 Å². The van der Waals surface area contributed by atoms with Crippen LogP contribution in [-0.2, 0) is 7.05 Å². The van der Waals surface area contributed by atoms with Gasteiger partial charge in [0.05, 0.1) is 12.6 Å². The van der Waals surface area contributed by atoms with E-state index in [9.17, 15) is 5.11 Å². The van der Waals surface area contributed by atoms with Gasteiger partial charge >= 0.3 is 0 Å². The molecule has 0 aliphatic rings. The van der Waals surface area contributed by atoms with Gasteiger partial charge in [-0.05, 0) is 94.0 Å². The number of phenolic OH excluding ortho intramolecular Hbond substituents is 1. The number of para-hydroxylation sites is 1. The number of hydrogen-bond donors (Lipinski definition) is 1. The van der Waals surface area contributed by atoms with Crippen LogP contribution in [-0.4, -0.2) is 9.67 Å². The quantitative estimate of drug-likeness (QED) is 0.161. The van der Waals surface area contributed by atoms with Crippen molar-refractivity contribution in [1.82, 2.24) is 4.57 Å². The number of aromatic nitrogens is 2. The summed E-state index contributed by atoms with van der Waals surface area (Å²) in [5.74, 6) is 2.16. The third-order valence-corrected chi connectivity index (χ3v) is 10.3. The molecule has 254 valence electrons. The van der Waals surface area contributed by atoms with Crippen molar-refractivity contribution in [3.63, 3.8) is 0 Å². The summed E-state index contributed by atoms with van der Waals surface area (Å²) in [7, 11) is 2.13. The fourth-order valence-corrected chi connectivity index (χ4v) is 7.55. The molecule has 0 radical (unpaired) electrons. The van der Waals surface area contributed by atoms with E-state index in [2.05, 4.69) is 185 Å². The zero-order valence-corrected chi connectivity index (χ0v) is 30.8. The average molecular weight is 668 g/mol. The number of benzene rings is 6. The lowest BCUT2D eigenvalue weighted by molar-refractivity contribution is -0.659. The number of rotatable bonds is 8.